The van der Waals surface area contributed by atoms with Gasteiger partial charge in [0.2, 0.25) is 0 Å². The van der Waals surface area contributed by atoms with E-state index in [4.69, 9.17) is 23.2 Å². The van der Waals surface area contributed by atoms with Crippen molar-refractivity contribution in [3.05, 3.63) is 57.6 Å². The average molecular weight is 356 g/mol. The SMILES string of the molecule is O=S(=O)(Nc1cccc2c1CCCC2)c1ccc(Cl)c(Cl)c1. The molecule has 2 aromatic carbocycles. The van der Waals surface area contributed by atoms with Crippen molar-refractivity contribution in [2.45, 2.75) is 30.6 Å². The Morgan fingerprint density at radius 3 is 2.50 bits per heavy atom. The second kappa shape index (κ2) is 6.11. The van der Waals surface area contributed by atoms with Crippen molar-refractivity contribution in [2.24, 2.45) is 0 Å². The van der Waals surface area contributed by atoms with Crippen molar-refractivity contribution in [1.29, 1.82) is 0 Å². The Kier molecular flexibility index (Phi) is 4.35. The summed E-state index contributed by atoms with van der Waals surface area (Å²) in [7, 11) is -3.68. The van der Waals surface area contributed by atoms with Crippen LogP contribution in [0.25, 0.3) is 0 Å². The first kappa shape index (κ1) is 15.7. The highest BCUT2D eigenvalue weighted by Gasteiger charge is 2.19. The number of benzene rings is 2. The maximum Gasteiger partial charge on any atom is 0.261 e. The molecular weight excluding hydrogens is 341 g/mol. The summed E-state index contributed by atoms with van der Waals surface area (Å²) in [6.07, 6.45) is 4.13. The fourth-order valence-electron chi connectivity index (χ4n) is 2.72. The predicted octanol–water partition coefficient (Wildman–Crippen LogP) is 4.67. The van der Waals surface area contributed by atoms with Gasteiger partial charge in [0.05, 0.1) is 20.6 Å². The number of nitrogens with one attached hydrogen (secondary N) is 1. The fraction of sp³-hybridized carbons (Fsp3) is 0.250. The van der Waals surface area contributed by atoms with Gasteiger partial charge in [-0.05, 0) is 61.1 Å². The van der Waals surface area contributed by atoms with Crippen LogP contribution in [-0.2, 0) is 22.9 Å². The van der Waals surface area contributed by atoms with E-state index >= 15 is 0 Å². The summed E-state index contributed by atoms with van der Waals surface area (Å²) >= 11 is 11.8. The van der Waals surface area contributed by atoms with E-state index in [0.717, 1.165) is 31.2 Å². The smallest absolute Gasteiger partial charge is 0.261 e. The minimum Gasteiger partial charge on any atom is -0.279 e. The molecule has 1 N–H and O–H groups in total. The van der Waals surface area contributed by atoms with E-state index < -0.39 is 10.0 Å². The molecule has 3 nitrogen and oxygen atoms in total. The number of sulfonamides is 1. The van der Waals surface area contributed by atoms with Gasteiger partial charge in [0.15, 0.2) is 0 Å². The lowest BCUT2D eigenvalue weighted by Gasteiger charge is -2.20. The summed E-state index contributed by atoms with van der Waals surface area (Å²) in [6.45, 7) is 0. The minimum atomic E-state index is -3.68. The van der Waals surface area contributed by atoms with E-state index in [0.29, 0.717) is 10.7 Å². The predicted molar refractivity (Wildman–Crippen MR) is 90.4 cm³/mol. The highest BCUT2D eigenvalue weighted by Crippen LogP contribution is 2.30. The quantitative estimate of drug-likeness (QED) is 0.869. The molecular formula is C16H15Cl2NO2S. The summed E-state index contributed by atoms with van der Waals surface area (Å²) in [5.41, 5.74) is 2.97. The van der Waals surface area contributed by atoms with Crippen LogP contribution < -0.4 is 4.72 Å². The number of halogens is 2. The zero-order valence-electron chi connectivity index (χ0n) is 11.8. The Balaban J connectivity index is 1.96. The molecule has 1 aliphatic carbocycles. The van der Waals surface area contributed by atoms with E-state index in [1.54, 1.807) is 6.07 Å². The topological polar surface area (TPSA) is 46.2 Å². The van der Waals surface area contributed by atoms with Crippen LogP contribution in [0.2, 0.25) is 10.0 Å². The second-order valence-corrected chi connectivity index (χ2v) is 7.83. The van der Waals surface area contributed by atoms with Crippen molar-refractivity contribution in [1.82, 2.24) is 0 Å². The molecule has 3 rings (SSSR count). The first-order valence-corrected chi connectivity index (χ1v) is 9.30. The van der Waals surface area contributed by atoms with Crippen molar-refractivity contribution < 1.29 is 8.42 Å². The maximum absolute atomic E-state index is 12.5. The molecule has 0 amide bonds. The van der Waals surface area contributed by atoms with E-state index in [-0.39, 0.29) is 9.92 Å². The molecule has 0 fully saturated rings. The van der Waals surface area contributed by atoms with Gasteiger partial charge in [-0.2, -0.15) is 0 Å². The number of hydrogen-bond acceptors (Lipinski definition) is 2. The Bertz CT molecular complexity index is 819. The van der Waals surface area contributed by atoms with Crippen molar-refractivity contribution in [3.63, 3.8) is 0 Å². The van der Waals surface area contributed by atoms with Crippen LogP contribution in [0.3, 0.4) is 0 Å². The summed E-state index contributed by atoms with van der Waals surface area (Å²) in [5.74, 6) is 0. The highest BCUT2D eigenvalue weighted by atomic mass is 35.5. The Morgan fingerprint density at radius 1 is 0.955 bits per heavy atom. The normalized spacial score (nSPS) is 14.5. The first-order valence-electron chi connectivity index (χ1n) is 7.06. The molecule has 1 aliphatic rings. The van der Waals surface area contributed by atoms with E-state index in [9.17, 15) is 8.42 Å². The third kappa shape index (κ3) is 3.09. The number of aryl methyl sites for hydroxylation is 1. The molecule has 0 saturated carbocycles. The lowest BCUT2D eigenvalue weighted by molar-refractivity contribution is 0.601. The standard InChI is InChI=1S/C16H15Cl2NO2S/c17-14-9-8-12(10-15(14)18)22(20,21)19-16-7-3-5-11-4-1-2-6-13(11)16/h3,5,7-10,19H,1-2,4,6H2. The molecule has 0 atom stereocenters. The molecule has 0 spiro atoms. The lowest BCUT2D eigenvalue weighted by atomic mass is 9.91. The van der Waals surface area contributed by atoms with E-state index in [1.165, 1.54) is 23.8 Å². The molecule has 0 saturated heterocycles. The van der Waals surface area contributed by atoms with Crippen LogP contribution in [0.1, 0.15) is 24.0 Å². The molecule has 0 bridgehead atoms. The molecule has 22 heavy (non-hydrogen) atoms. The Morgan fingerprint density at radius 2 is 1.73 bits per heavy atom. The summed E-state index contributed by atoms with van der Waals surface area (Å²) in [5, 5.41) is 0.553. The molecule has 0 heterocycles. The number of rotatable bonds is 3. The summed E-state index contributed by atoms with van der Waals surface area (Å²) < 4.78 is 27.8. The van der Waals surface area contributed by atoms with Crippen LogP contribution >= 0.6 is 23.2 Å². The molecule has 0 aromatic heterocycles. The largest absolute Gasteiger partial charge is 0.279 e. The van der Waals surface area contributed by atoms with Gasteiger partial charge >= 0.3 is 0 Å². The van der Waals surface area contributed by atoms with Gasteiger partial charge in [-0.1, -0.05) is 35.3 Å². The van der Waals surface area contributed by atoms with Gasteiger partial charge < -0.3 is 0 Å². The van der Waals surface area contributed by atoms with Gasteiger partial charge in [-0.3, -0.25) is 4.72 Å². The Labute approximate surface area is 140 Å². The Hall–Kier alpha value is -1.23. The molecule has 0 radical (unpaired) electrons. The van der Waals surface area contributed by atoms with Gasteiger partial charge in [-0.25, -0.2) is 8.42 Å². The molecule has 0 aliphatic heterocycles. The maximum atomic E-state index is 12.5. The molecule has 0 unspecified atom stereocenters. The van der Waals surface area contributed by atoms with Gasteiger partial charge in [0.1, 0.15) is 0 Å². The number of fused-ring (bicyclic) bond motifs is 1. The number of anilines is 1. The van der Waals surface area contributed by atoms with Crippen LogP contribution in [-0.4, -0.2) is 8.42 Å². The van der Waals surface area contributed by atoms with Crippen molar-refractivity contribution in [2.75, 3.05) is 4.72 Å². The van der Waals surface area contributed by atoms with Crippen molar-refractivity contribution in [3.8, 4) is 0 Å². The van der Waals surface area contributed by atoms with Crippen LogP contribution in [0.15, 0.2) is 41.3 Å². The van der Waals surface area contributed by atoms with Gasteiger partial charge in [0.25, 0.3) is 10.0 Å². The number of hydrogen-bond donors (Lipinski definition) is 1. The monoisotopic (exact) mass is 355 g/mol. The minimum absolute atomic E-state index is 0.107. The van der Waals surface area contributed by atoms with Crippen LogP contribution in [0.4, 0.5) is 5.69 Å². The van der Waals surface area contributed by atoms with Crippen molar-refractivity contribution >= 4 is 38.9 Å². The average Bonchev–Trinajstić information content (AvgIpc) is 2.50. The van der Waals surface area contributed by atoms with E-state index in [1.807, 2.05) is 6.07 Å². The van der Waals surface area contributed by atoms with Crippen LogP contribution in [0, 0.1) is 0 Å². The summed E-state index contributed by atoms with van der Waals surface area (Å²) in [4.78, 5) is 0.107. The van der Waals surface area contributed by atoms with Gasteiger partial charge in [0, 0.05) is 0 Å². The molecule has 116 valence electrons. The molecule has 6 heteroatoms. The third-order valence-electron chi connectivity index (χ3n) is 3.84. The van der Waals surface area contributed by atoms with E-state index in [2.05, 4.69) is 10.8 Å². The highest BCUT2D eigenvalue weighted by molar-refractivity contribution is 7.92. The lowest BCUT2D eigenvalue weighted by Crippen LogP contribution is -2.16. The van der Waals surface area contributed by atoms with Gasteiger partial charge in [-0.15, -0.1) is 0 Å². The zero-order valence-corrected chi connectivity index (χ0v) is 14.1. The molecule has 2 aromatic rings. The van der Waals surface area contributed by atoms with Crippen LogP contribution in [0.5, 0.6) is 0 Å². The fourth-order valence-corrected chi connectivity index (χ4v) is 4.21. The zero-order chi connectivity index (χ0) is 15.7. The first-order chi connectivity index (χ1) is 10.5. The third-order valence-corrected chi connectivity index (χ3v) is 5.94. The summed E-state index contributed by atoms with van der Waals surface area (Å²) in [6, 6.07) is 10.0. The second-order valence-electron chi connectivity index (χ2n) is 5.33.